The third-order valence-corrected chi connectivity index (χ3v) is 3.17. The molecule has 2 heterocycles. The Hall–Kier alpha value is -2.22. The highest BCUT2D eigenvalue weighted by Crippen LogP contribution is 2.29. The lowest BCUT2D eigenvalue weighted by Crippen LogP contribution is -1.89. The zero-order valence-corrected chi connectivity index (χ0v) is 10.5. The fraction of sp³-hybridized carbons (Fsp3) is 0.125. The molecule has 2 aromatic heterocycles. The average Bonchev–Trinajstić information content (AvgIpc) is 2.39. The number of pyridine rings is 2. The van der Waals surface area contributed by atoms with Crippen LogP contribution in [-0.4, -0.2) is 9.97 Å². The predicted molar refractivity (Wildman–Crippen MR) is 74.4 cm³/mol. The van der Waals surface area contributed by atoms with Gasteiger partial charge >= 0.3 is 0 Å². The van der Waals surface area contributed by atoms with Crippen LogP contribution in [0.15, 0.2) is 48.9 Å². The Morgan fingerprint density at radius 2 is 1.67 bits per heavy atom. The van der Waals surface area contributed by atoms with Crippen molar-refractivity contribution in [1.29, 1.82) is 0 Å². The summed E-state index contributed by atoms with van der Waals surface area (Å²) in [4.78, 5) is 8.56. The molecule has 88 valence electrons. The van der Waals surface area contributed by atoms with Gasteiger partial charge in [0, 0.05) is 24.0 Å². The van der Waals surface area contributed by atoms with E-state index in [1.165, 1.54) is 27.6 Å². The lowest BCUT2D eigenvalue weighted by atomic mass is 9.99. The highest BCUT2D eigenvalue weighted by Gasteiger charge is 2.06. The van der Waals surface area contributed by atoms with Crippen LogP contribution in [0.4, 0.5) is 0 Å². The SMILES string of the molecule is Cc1cc(C)c2nccc(-c3ccncc3)c2c1. The van der Waals surface area contributed by atoms with E-state index in [-0.39, 0.29) is 0 Å². The molecule has 0 saturated carbocycles. The third-order valence-electron chi connectivity index (χ3n) is 3.17. The second-order valence-corrected chi connectivity index (χ2v) is 4.57. The average molecular weight is 234 g/mol. The van der Waals surface area contributed by atoms with Crippen molar-refractivity contribution in [3.8, 4) is 11.1 Å². The Labute approximate surface area is 106 Å². The number of aromatic nitrogens is 2. The van der Waals surface area contributed by atoms with Gasteiger partial charge in [0.05, 0.1) is 5.52 Å². The highest BCUT2D eigenvalue weighted by atomic mass is 14.7. The third kappa shape index (κ3) is 1.76. The normalized spacial score (nSPS) is 10.8. The first kappa shape index (κ1) is 10.9. The lowest BCUT2D eigenvalue weighted by Gasteiger charge is -2.09. The molecular formula is C16H14N2. The second-order valence-electron chi connectivity index (χ2n) is 4.57. The summed E-state index contributed by atoms with van der Waals surface area (Å²) in [5.41, 5.74) is 5.97. The Morgan fingerprint density at radius 3 is 2.44 bits per heavy atom. The maximum atomic E-state index is 4.49. The van der Waals surface area contributed by atoms with E-state index in [4.69, 9.17) is 0 Å². The summed E-state index contributed by atoms with van der Waals surface area (Å²) in [5, 5.41) is 1.21. The van der Waals surface area contributed by atoms with Crippen LogP contribution in [0, 0.1) is 13.8 Å². The van der Waals surface area contributed by atoms with Gasteiger partial charge in [-0.2, -0.15) is 0 Å². The molecule has 3 aromatic rings. The molecule has 18 heavy (non-hydrogen) atoms. The lowest BCUT2D eigenvalue weighted by molar-refractivity contribution is 1.32. The van der Waals surface area contributed by atoms with Gasteiger partial charge in [-0.1, -0.05) is 11.6 Å². The van der Waals surface area contributed by atoms with Crippen molar-refractivity contribution in [3.63, 3.8) is 0 Å². The molecule has 2 nitrogen and oxygen atoms in total. The van der Waals surface area contributed by atoms with Crippen molar-refractivity contribution in [2.45, 2.75) is 13.8 Å². The molecule has 0 fully saturated rings. The maximum absolute atomic E-state index is 4.49. The van der Waals surface area contributed by atoms with Crippen molar-refractivity contribution < 1.29 is 0 Å². The van der Waals surface area contributed by atoms with Gasteiger partial charge in [-0.05, 0) is 54.8 Å². The number of nitrogens with zero attached hydrogens (tertiary/aromatic N) is 2. The molecular weight excluding hydrogens is 220 g/mol. The molecule has 0 atom stereocenters. The van der Waals surface area contributed by atoms with Crippen LogP contribution in [0.5, 0.6) is 0 Å². The molecule has 0 aliphatic heterocycles. The summed E-state index contributed by atoms with van der Waals surface area (Å²) in [7, 11) is 0. The Bertz CT molecular complexity index is 703. The van der Waals surface area contributed by atoms with E-state index >= 15 is 0 Å². The first-order valence-corrected chi connectivity index (χ1v) is 6.02. The summed E-state index contributed by atoms with van der Waals surface area (Å²) >= 11 is 0. The quantitative estimate of drug-likeness (QED) is 0.638. The highest BCUT2D eigenvalue weighted by molar-refractivity contribution is 5.96. The summed E-state index contributed by atoms with van der Waals surface area (Å²) in [5.74, 6) is 0. The molecule has 0 aliphatic carbocycles. The van der Waals surface area contributed by atoms with Crippen LogP contribution >= 0.6 is 0 Å². The minimum absolute atomic E-state index is 1.08. The largest absolute Gasteiger partial charge is 0.265 e. The number of hydrogen-bond acceptors (Lipinski definition) is 2. The summed E-state index contributed by atoms with van der Waals surface area (Å²) in [6.07, 6.45) is 5.52. The number of hydrogen-bond donors (Lipinski definition) is 0. The Balaban J connectivity index is 2.37. The predicted octanol–water partition coefficient (Wildman–Crippen LogP) is 3.91. The molecule has 0 saturated heterocycles. The van der Waals surface area contributed by atoms with Crippen LogP contribution < -0.4 is 0 Å². The van der Waals surface area contributed by atoms with Crippen LogP contribution in [0.2, 0.25) is 0 Å². The van der Waals surface area contributed by atoms with E-state index in [0.717, 1.165) is 5.52 Å². The van der Waals surface area contributed by atoms with Crippen molar-refractivity contribution in [1.82, 2.24) is 9.97 Å². The van der Waals surface area contributed by atoms with E-state index in [2.05, 4.69) is 42.0 Å². The van der Waals surface area contributed by atoms with Gasteiger partial charge in [-0.25, -0.2) is 0 Å². The zero-order valence-electron chi connectivity index (χ0n) is 10.5. The first-order chi connectivity index (χ1) is 8.75. The fourth-order valence-corrected chi connectivity index (χ4v) is 2.40. The summed E-state index contributed by atoms with van der Waals surface area (Å²) in [6.45, 7) is 4.23. The van der Waals surface area contributed by atoms with Crippen molar-refractivity contribution >= 4 is 10.9 Å². The fourth-order valence-electron chi connectivity index (χ4n) is 2.40. The molecule has 0 bridgehead atoms. The van der Waals surface area contributed by atoms with E-state index in [1.54, 1.807) is 0 Å². The molecule has 0 radical (unpaired) electrons. The van der Waals surface area contributed by atoms with Gasteiger partial charge in [0.1, 0.15) is 0 Å². The van der Waals surface area contributed by atoms with Gasteiger partial charge in [0.15, 0.2) is 0 Å². The van der Waals surface area contributed by atoms with Gasteiger partial charge in [0.25, 0.3) is 0 Å². The summed E-state index contributed by atoms with van der Waals surface area (Å²) < 4.78 is 0. The van der Waals surface area contributed by atoms with E-state index in [1.807, 2.05) is 30.7 Å². The van der Waals surface area contributed by atoms with Crippen LogP contribution in [0.25, 0.3) is 22.0 Å². The van der Waals surface area contributed by atoms with Crippen LogP contribution in [-0.2, 0) is 0 Å². The number of fused-ring (bicyclic) bond motifs is 1. The summed E-state index contributed by atoms with van der Waals surface area (Å²) in [6, 6.07) is 10.5. The van der Waals surface area contributed by atoms with Gasteiger partial charge in [-0.15, -0.1) is 0 Å². The van der Waals surface area contributed by atoms with E-state index < -0.39 is 0 Å². The van der Waals surface area contributed by atoms with Crippen molar-refractivity contribution in [2.75, 3.05) is 0 Å². The number of benzene rings is 1. The standard InChI is InChI=1S/C16H14N2/c1-11-9-12(2)16-15(10-11)14(5-8-18-16)13-3-6-17-7-4-13/h3-10H,1-2H3. The van der Waals surface area contributed by atoms with Crippen molar-refractivity contribution in [2.24, 2.45) is 0 Å². The van der Waals surface area contributed by atoms with E-state index in [0.29, 0.717) is 0 Å². The van der Waals surface area contributed by atoms with Gasteiger partial charge in [0.2, 0.25) is 0 Å². The minimum Gasteiger partial charge on any atom is -0.265 e. The monoisotopic (exact) mass is 234 g/mol. The van der Waals surface area contributed by atoms with Crippen molar-refractivity contribution in [3.05, 3.63) is 60.0 Å². The van der Waals surface area contributed by atoms with Crippen LogP contribution in [0.3, 0.4) is 0 Å². The molecule has 0 amide bonds. The smallest absolute Gasteiger partial charge is 0.0737 e. The first-order valence-electron chi connectivity index (χ1n) is 6.02. The number of rotatable bonds is 1. The van der Waals surface area contributed by atoms with Crippen LogP contribution in [0.1, 0.15) is 11.1 Å². The molecule has 1 aromatic carbocycles. The maximum Gasteiger partial charge on any atom is 0.0737 e. The molecule has 2 heteroatoms. The topological polar surface area (TPSA) is 25.8 Å². The van der Waals surface area contributed by atoms with Gasteiger partial charge in [-0.3, -0.25) is 9.97 Å². The molecule has 0 aliphatic rings. The Morgan fingerprint density at radius 1 is 0.889 bits per heavy atom. The number of aryl methyl sites for hydroxylation is 2. The Kier molecular flexibility index (Phi) is 2.56. The minimum atomic E-state index is 1.08. The molecule has 0 spiro atoms. The molecule has 0 unspecified atom stereocenters. The second kappa shape index (κ2) is 4.22. The molecule has 0 N–H and O–H groups in total. The van der Waals surface area contributed by atoms with E-state index in [9.17, 15) is 0 Å². The molecule has 3 rings (SSSR count). The van der Waals surface area contributed by atoms with Gasteiger partial charge < -0.3 is 0 Å². The zero-order chi connectivity index (χ0) is 12.5.